The van der Waals surface area contributed by atoms with E-state index in [2.05, 4.69) is 10.1 Å². The molecular weight excluding hydrogens is 363 g/mol. The summed E-state index contributed by atoms with van der Waals surface area (Å²) in [5.74, 6) is 1.44. The van der Waals surface area contributed by atoms with E-state index < -0.39 is 0 Å². The fourth-order valence-corrected chi connectivity index (χ4v) is 3.35. The summed E-state index contributed by atoms with van der Waals surface area (Å²) in [6.07, 6.45) is 3.44. The van der Waals surface area contributed by atoms with Gasteiger partial charge >= 0.3 is 0 Å². The first-order chi connectivity index (χ1) is 13.6. The maximum absolute atomic E-state index is 12.9. The Hall–Kier alpha value is -3.16. The van der Waals surface area contributed by atoms with Crippen molar-refractivity contribution in [3.05, 3.63) is 65.8 Å². The number of carbonyl (C=O) groups excluding carboxylic acids is 1. The number of rotatable bonds is 5. The lowest BCUT2D eigenvalue weighted by Gasteiger charge is -2.30. The van der Waals surface area contributed by atoms with Crippen LogP contribution < -0.4 is 4.74 Å². The maximum Gasteiger partial charge on any atom is 0.270 e. The van der Waals surface area contributed by atoms with Crippen LogP contribution in [0.2, 0.25) is 0 Å². The zero-order valence-corrected chi connectivity index (χ0v) is 15.5. The summed E-state index contributed by atoms with van der Waals surface area (Å²) >= 11 is 0. The molecule has 8 heteroatoms. The highest BCUT2D eigenvalue weighted by Gasteiger charge is 2.28. The number of piperidine rings is 1. The zero-order valence-electron chi connectivity index (χ0n) is 15.5. The number of nitrogens with zero attached hydrogens (tertiary/aromatic N) is 4. The lowest BCUT2D eigenvalue weighted by Crippen LogP contribution is -2.38. The van der Waals surface area contributed by atoms with Crippen LogP contribution in [0.5, 0.6) is 5.75 Å². The van der Waals surface area contributed by atoms with Gasteiger partial charge in [-0.05, 0) is 49.2 Å². The maximum atomic E-state index is 12.9. The lowest BCUT2D eigenvalue weighted by atomic mass is 9.96. The van der Waals surface area contributed by atoms with Gasteiger partial charge in [0.1, 0.15) is 17.3 Å². The van der Waals surface area contributed by atoms with E-state index in [4.69, 9.17) is 9.26 Å². The van der Waals surface area contributed by atoms with Crippen LogP contribution in [0.1, 0.15) is 41.0 Å². The van der Waals surface area contributed by atoms with Crippen LogP contribution in [0, 0.1) is 5.82 Å². The van der Waals surface area contributed by atoms with E-state index in [1.165, 1.54) is 12.1 Å². The number of hydrogen-bond acceptors (Lipinski definition) is 5. The number of aryl methyl sites for hydroxylation is 1. The Morgan fingerprint density at radius 1 is 1.25 bits per heavy atom. The predicted octanol–water partition coefficient (Wildman–Crippen LogP) is 3.15. The molecule has 0 bridgehead atoms. The monoisotopic (exact) mass is 384 g/mol. The van der Waals surface area contributed by atoms with Crippen LogP contribution >= 0.6 is 0 Å². The van der Waals surface area contributed by atoms with Crippen LogP contribution in [-0.4, -0.2) is 38.6 Å². The molecule has 1 aromatic carbocycles. The SMILES string of the molecule is Cn1cccc1C(=O)N1CCC(c2noc(COc3ccc(F)cc3)n2)CC1. The highest BCUT2D eigenvalue weighted by Crippen LogP contribution is 2.27. The van der Waals surface area contributed by atoms with Crippen LogP contribution in [-0.2, 0) is 13.7 Å². The Morgan fingerprint density at radius 2 is 2.00 bits per heavy atom. The Bertz CT molecular complexity index is 943. The van der Waals surface area contributed by atoms with E-state index in [9.17, 15) is 9.18 Å². The first-order valence-corrected chi connectivity index (χ1v) is 9.21. The Balaban J connectivity index is 1.31. The minimum atomic E-state index is -0.315. The van der Waals surface area contributed by atoms with Crippen molar-refractivity contribution in [2.75, 3.05) is 13.1 Å². The molecule has 1 saturated heterocycles. The van der Waals surface area contributed by atoms with Crippen molar-refractivity contribution >= 4 is 5.91 Å². The van der Waals surface area contributed by atoms with Crippen molar-refractivity contribution in [2.24, 2.45) is 7.05 Å². The molecule has 3 aromatic rings. The number of ether oxygens (including phenoxy) is 1. The second-order valence-electron chi connectivity index (χ2n) is 6.86. The van der Waals surface area contributed by atoms with E-state index in [1.807, 2.05) is 34.8 Å². The third-order valence-corrected chi connectivity index (χ3v) is 4.97. The van der Waals surface area contributed by atoms with Crippen LogP contribution in [0.25, 0.3) is 0 Å². The molecule has 3 heterocycles. The molecule has 0 aliphatic carbocycles. The van der Waals surface area contributed by atoms with Gasteiger partial charge < -0.3 is 18.7 Å². The summed E-state index contributed by atoms with van der Waals surface area (Å²) in [6.45, 7) is 1.44. The molecule has 0 spiro atoms. The summed E-state index contributed by atoms with van der Waals surface area (Å²) in [4.78, 5) is 18.9. The molecule has 4 rings (SSSR count). The van der Waals surface area contributed by atoms with Crippen molar-refractivity contribution in [3.63, 3.8) is 0 Å². The molecule has 0 N–H and O–H groups in total. The third kappa shape index (κ3) is 3.90. The predicted molar refractivity (Wildman–Crippen MR) is 98.3 cm³/mol. The highest BCUT2D eigenvalue weighted by atomic mass is 19.1. The number of likely N-dealkylation sites (tertiary alicyclic amines) is 1. The summed E-state index contributed by atoms with van der Waals surface area (Å²) in [6, 6.07) is 9.46. The molecule has 1 amide bonds. The first kappa shape index (κ1) is 18.2. The van der Waals surface area contributed by atoms with Gasteiger partial charge in [0.05, 0.1) is 0 Å². The second-order valence-corrected chi connectivity index (χ2v) is 6.86. The molecule has 0 atom stereocenters. The molecule has 0 saturated carbocycles. The van der Waals surface area contributed by atoms with Gasteiger partial charge in [-0.3, -0.25) is 4.79 Å². The van der Waals surface area contributed by atoms with Crippen LogP contribution in [0.4, 0.5) is 4.39 Å². The molecule has 0 radical (unpaired) electrons. The van der Waals surface area contributed by atoms with Gasteiger partial charge in [0.15, 0.2) is 12.4 Å². The quantitative estimate of drug-likeness (QED) is 0.676. The highest BCUT2D eigenvalue weighted by molar-refractivity contribution is 5.92. The second kappa shape index (κ2) is 7.84. The number of benzene rings is 1. The van der Waals surface area contributed by atoms with Crippen LogP contribution in [0.15, 0.2) is 47.1 Å². The van der Waals surface area contributed by atoms with E-state index in [-0.39, 0.29) is 24.2 Å². The van der Waals surface area contributed by atoms with E-state index in [0.29, 0.717) is 36.2 Å². The number of halogens is 1. The Kier molecular flexibility index (Phi) is 5.10. The standard InChI is InChI=1S/C20H21FN4O3/c1-24-10-2-3-17(24)20(26)25-11-8-14(9-12-25)19-22-18(28-23-19)13-27-16-6-4-15(21)5-7-16/h2-7,10,14H,8-9,11-13H2,1H3. The lowest BCUT2D eigenvalue weighted by molar-refractivity contribution is 0.0701. The Labute approximate surface area is 161 Å². The average molecular weight is 384 g/mol. The normalized spacial score (nSPS) is 15.0. The van der Waals surface area contributed by atoms with Gasteiger partial charge in [-0.25, -0.2) is 4.39 Å². The molecule has 0 unspecified atom stereocenters. The molecule has 28 heavy (non-hydrogen) atoms. The fraction of sp³-hybridized carbons (Fsp3) is 0.350. The van der Waals surface area contributed by atoms with E-state index >= 15 is 0 Å². The fourth-order valence-electron chi connectivity index (χ4n) is 3.35. The number of amides is 1. The Morgan fingerprint density at radius 3 is 2.68 bits per heavy atom. The zero-order chi connectivity index (χ0) is 19.5. The van der Waals surface area contributed by atoms with Crippen molar-refractivity contribution in [1.29, 1.82) is 0 Å². The smallest absolute Gasteiger partial charge is 0.270 e. The first-order valence-electron chi connectivity index (χ1n) is 9.21. The molecule has 146 valence electrons. The molecule has 1 fully saturated rings. The van der Waals surface area contributed by atoms with E-state index in [0.717, 1.165) is 12.8 Å². The summed E-state index contributed by atoms with van der Waals surface area (Å²) in [5, 5.41) is 4.07. The third-order valence-electron chi connectivity index (χ3n) is 4.97. The van der Waals surface area contributed by atoms with Gasteiger partial charge in [-0.2, -0.15) is 4.98 Å². The van der Waals surface area contributed by atoms with E-state index in [1.54, 1.807) is 12.1 Å². The van der Waals surface area contributed by atoms with Crippen LogP contribution in [0.3, 0.4) is 0 Å². The minimum absolute atomic E-state index is 0.0486. The van der Waals surface area contributed by atoms with Crippen molar-refractivity contribution in [2.45, 2.75) is 25.4 Å². The molecule has 1 aliphatic rings. The van der Waals surface area contributed by atoms with Gasteiger partial charge in [0, 0.05) is 32.3 Å². The van der Waals surface area contributed by atoms with Gasteiger partial charge in [-0.1, -0.05) is 5.16 Å². The van der Waals surface area contributed by atoms with Gasteiger partial charge in [0.2, 0.25) is 0 Å². The summed E-state index contributed by atoms with van der Waals surface area (Å²) in [5.41, 5.74) is 0.693. The molecule has 1 aliphatic heterocycles. The van der Waals surface area contributed by atoms with Crippen molar-refractivity contribution in [1.82, 2.24) is 19.6 Å². The molecular formula is C20H21FN4O3. The summed E-state index contributed by atoms with van der Waals surface area (Å²) in [7, 11) is 1.87. The minimum Gasteiger partial charge on any atom is -0.484 e. The largest absolute Gasteiger partial charge is 0.484 e. The van der Waals surface area contributed by atoms with Crippen molar-refractivity contribution in [3.8, 4) is 5.75 Å². The van der Waals surface area contributed by atoms with Gasteiger partial charge in [-0.15, -0.1) is 0 Å². The molecule has 7 nitrogen and oxygen atoms in total. The van der Waals surface area contributed by atoms with Gasteiger partial charge in [0.25, 0.3) is 11.8 Å². The summed E-state index contributed by atoms with van der Waals surface area (Å²) < 4.78 is 25.5. The average Bonchev–Trinajstić information content (AvgIpc) is 3.36. The number of aromatic nitrogens is 3. The molecule has 2 aromatic heterocycles. The number of carbonyl (C=O) groups is 1. The van der Waals surface area contributed by atoms with Crippen molar-refractivity contribution < 1.29 is 18.4 Å². The number of hydrogen-bond donors (Lipinski definition) is 0. The topological polar surface area (TPSA) is 73.4 Å².